The maximum atomic E-state index is 13.7. The van der Waals surface area contributed by atoms with Crippen molar-refractivity contribution in [2.24, 2.45) is 0 Å². The normalized spacial score (nSPS) is 14.9. The summed E-state index contributed by atoms with van der Waals surface area (Å²) < 4.78 is 33.3. The van der Waals surface area contributed by atoms with Crippen LogP contribution >= 0.6 is 0 Å². The topological polar surface area (TPSA) is 43.4 Å². The largest absolute Gasteiger partial charge is 0.495 e. The first-order valence-corrected chi connectivity index (χ1v) is 11.8. The zero-order chi connectivity index (χ0) is 20.7. The van der Waals surface area contributed by atoms with Gasteiger partial charge in [-0.1, -0.05) is 58.0 Å². The molecule has 0 saturated heterocycles. The second kappa shape index (κ2) is 7.55. The minimum Gasteiger partial charge on any atom is -0.495 e. The summed E-state index contributed by atoms with van der Waals surface area (Å²) in [6.45, 7) is 10.5. The fourth-order valence-electron chi connectivity index (χ4n) is 4.36. The highest BCUT2D eigenvalue weighted by Crippen LogP contribution is 2.52. The lowest BCUT2D eigenvalue weighted by molar-refractivity contribution is 0.391. The fourth-order valence-corrected chi connectivity index (χ4v) is 6.35. The molecule has 3 nitrogen and oxygen atoms in total. The van der Waals surface area contributed by atoms with E-state index < -0.39 is 9.84 Å². The van der Waals surface area contributed by atoms with Crippen molar-refractivity contribution in [3.05, 3.63) is 58.1 Å². The molecule has 4 heteroatoms. The molecule has 2 aromatic rings. The molecule has 0 radical (unpaired) electrons. The highest BCUT2D eigenvalue weighted by molar-refractivity contribution is 7.90. The van der Waals surface area contributed by atoms with Crippen molar-refractivity contribution < 1.29 is 13.2 Å². The van der Waals surface area contributed by atoms with Gasteiger partial charge in [0.1, 0.15) is 10.6 Å². The Morgan fingerprint density at radius 2 is 1.71 bits per heavy atom. The Morgan fingerprint density at radius 1 is 1.11 bits per heavy atom. The van der Waals surface area contributed by atoms with Gasteiger partial charge in [-0.2, -0.15) is 0 Å². The first-order chi connectivity index (χ1) is 13.1. The van der Waals surface area contributed by atoms with E-state index in [0.717, 1.165) is 36.0 Å². The summed E-state index contributed by atoms with van der Waals surface area (Å²) in [6, 6.07) is 9.42. The molecule has 3 rings (SSSR count). The molecule has 0 aromatic heterocycles. The van der Waals surface area contributed by atoms with Gasteiger partial charge in [-0.3, -0.25) is 0 Å². The molecule has 28 heavy (non-hydrogen) atoms. The summed E-state index contributed by atoms with van der Waals surface area (Å²) in [6.07, 6.45) is 3.02. The Balaban J connectivity index is 2.36. The van der Waals surface area contributed by atoms with E-state index in [-0.39, 0.29) is 11.2 Å². The summed E-state index contributed by atoms with van der Waals surface area (Å²) in [5.74, 6) is 0.988. The minimum atomic E-state index is -3.57. The lowest BCUT2D eigenvalue weighted by Crippen LogP contribution is -2.23. The Bertz CT molecular complexity index is 963. The molecule has 2 aromatic carbocycles. The van der Waals surface area contributed by atoms with Crippen molar-refractivity contribution in [2.75, 3.05) is 7.11 Å². The van der Waals surface area contributed by atoms with Crippen LogP contribution in [0, 0.1) is 6.92 Å². The standard InChI is InChI=1S/C24H32O3S/c1-7-19-16(2)20(18-13-14-18)22(27-6)23(21(19)24(3,4)5)28(25,26)15-17-11-9-8-10-12-17/h8-12,18H,7,13-15H2,1-6H3. The second-order valence-corrected chi connectivity index (χ2v) is 10.8. The summed E-state index contributed by atoms with van der Waals surface area (Å²) in [4.78, 5) is 0.413. The molecule has 0 aliphatic heterocycles. The number of hydrogen-bond acceptors (Lipinski definition) is 3. The number of hydrogen-bond donors (Lipinski definition) is 0. The van der Waals surface area contributed by atoms with E-state index in [0.29, 0.717) is 16.6 Å². The van der Waals surface area contributed by atoms with Crippen LogP contribution in [0.25, 0.3) is 0 Å². The number of methoxy groups -OCH3 is 1. The molecule has 0 unspecified atom stereocenters. The van der Waals surface area contributed by atoms with Gasteiger partial charge in [-0.15, -0.1) is 0 Å². The van der Waals surface area contributed by atoms with Crippen molar-refractivity contribution in [2.45, 2.75) is 75.9 Å². The zero-order valence-electron chi connectivity index (χ0n) is 17.9. The summed E-state index contributed by atoms with van der Waals surface area (Å²) >= 11 is 0. The molecule has 1 aliphatic rings. The monoisotopic (exact) mass is 400 g/mol. The van der Waals surface area contributed by atoms with Gasteiger partial charge in [0.05, 0.1) is 12.9 Å². The molecule has 1 saturated carbocycles. The molecule has 152 valence electrons. The van der Waals surface area contributed by atoms with E-state index in [1.165, 1.54) is 11.1 Å². The van der Waals surface area contributed by atoms with E-state index in [1.807, 2.05) is 30.3 Å². The quantitative estimate of drug-likeness (QED) is 0.623. The average molecular weight is 401 g/mol. The van der Waals surface area contributed by atoms with Gasteiger partial charge < -0.3 is 4.74 Å². The van der Waals surface area contributed by atoms with E-state index in [2.05, 4.69) is 34.6 Å². The highest BCUT2D eigenvalue weighted by Gasteiger charge is 2.39. The van der Waals surface area contributed by atoms with Gasteiger partial charge in [0.2, 0.25) is 0 Å². The van der Waals surface area contributed by atoms with E-state index >= 15 is 0 Å². The number of rotatable bonds is 6. The fraction of sp³-hybridized carbons (Fsp3) is 0.500. The van der Waals surface area contributed by atoms with Crippen molar-refractivity contribution in [1.82, 2.24) is 0 Å². The molecule has 0 atom stereocenters. The van der Waals surface area contributed by atoms with Crippen molar-refractivity contribution in [3.8, 4) is 5.75 Å². The van der Waals surface area contributed by atoms with Gasteiger partial charge in [0.25, 0.3) is 0 Å². The molecular weight excluding hydrogens is 368 g/mol. The molecule has 0 N–H and O–H groups in total. The Kier molecular flexibility index (Phi) is 5.64. The van der Waals surface area contributed by atoms with Crippen LogP contribution < -0.4 is 4.74 Å². The second-order valence-electron chi connectivity index (χ2n) is 8.88. The maximum Gasteiger partial charge on any atom is 0.186 e. The van der Waals surface area contributed by atoms with Crippen LogP contribution in [0.15, 0.2) is 35.2 Å². The Hall–Kier alpha value is -1.81. The smallest absolute Gasteiger partial charge is 0.186 e. The minimum absolute atomic E-state index is 0.0103. The summed E-state index contributed by atoms with van der Waals surface area (Å²) in [5, 5.41) is 0. The van der Waals surface area contributed by atoms with Crippen molar-refractivity contribution in [1.29, 1.82) is 0 Å². The van der Waals surface area contributed by atoms with Crippen LogP contribution in [0.2, 0.25) is 0 Å². The third-order valence-electron chi connectivity index (χ3n) is 5.64. The van der Waals surface area contributed by atoms with Crippen LogP contribution in [0.5, 0.6) is 5.75 Å². The molecule has 1 aliphatic carbocycles. The molecular formula is C24H32O3S. The van der Waals surface area contributed by atoms with Gasteiger partial charge in [-0.25, -0.2) is 8.42 Å². The van der Waals surface area contributed by atoms with E-state index in [1.54, 1.807) is 7.11 Å². The zero-order valence-corrected chi connectivity index (χ0v) is 18.7. The molecule has 0 amide bonds. The number of sulfone groups is 1. The summed E-state index contributed by atoms with van der Waals surface area (Å²) in [5.41, 5.74) is 4.91. The number of ether oxygens (including phenoxy) is 1. The first kappa shape index (κ1) is 20.9. The molecule has 1 fully saturated rings. The van der Waals surface area contributed by atoms with Crippen LogP contribution in [-0.2, 0) is 27.4 Å². The highest BCUT2D eigenvalue weighted by atomic mass is 32.2. The number of benzene rings is 2. The van der Waals surface area contributed by atoms with Gasteiger partial charge in [0.15, 0.2) is 9.84 Å². The predicted molar refractivity (Wildman–Crippen MR) is 115 cm³/mol. The van der Waals surface area contributed by atoms with Gasteiger partial charge in [-0.05, 0) is 59.8 Å². The summed E-state index contributed by atoms with van der Waals surface area (Å²) in [7, 11) is -1.96. The Morgan fingerprint density at radius 3 is 2.18 bits per heavy atom. The van der Waals surface area contributed by atoms with Crippen LogP contribution in [0.3, 0.4) is 0 Å². The maximum absolute atomic E-state index is 13.7. The van der Waals surface area contributed by atoms with Crippen LogP contribution in [0.4, 0.5) is 0 Å². The molecule has 0 spiro atoms. The van der Waals surface area contributed by atoms with Crippen molar-refractivity contribution >= 4 is 9.84 Å². The lowest BCUT2D eigenvalue weighted by atomic mass is 9.79. The SMILES string of the molecule is CCc1c(C)c(C2CC2)c(OC)c(S(=O)(=O)Cc2ccccc2)c1C(C)(C)C. The molecule has 0 heterocycles. The third kappa shape index (κ3) is 3.84. The predicted octanol–water partition coefficient (Wildman–Crippen LogP) is 5.71. The molecule has 0 bridgehead atoms. The van der Waals surface area contributed by atoms with E-state index in [4.69, 9.17) is 4.74 Å². The van der Waals surface area contributed by atoms with Gasteiger partial charge in [0, 0.05) is 5.56 Å². The van der Waals surface area contributed by atoms with Crippen molar-refractivity contribution in [3.63, 3.8) is 0 Å². The average Bonchev–Trinajstić information content (AvgIpc) is 3.44. The first-order valence-electron chi connectivity index (χ1n) is 10.1. The third-order valence-corrected chi connectivity index (χ3v) is 7.37. The lowest BCUT2D eigenvalue weighted by Gasteiger charge is -2.31. The Labute approximate surface area is 170 Å². The van der Waals surface area contributed by atoms with Crippen LogP contribution in [0.1, 0.15) is 74.3 Å². The van der Waals surface area contributed by atoms with Gasteiger partial charge >= 0.3 is 0 Å². The van der Waals surface area contributed by atoms with Crippen LogP contribution in [-0.4, -0.2) is 15.5 Å². The van der Waals surface area contributed by atoms with E-state index in [9.17, 15) is 8.42 Å².